The predicted octanol–water partition coefficient (Wildman–Crippen LogP) is 2.04. The second kappa shape index (κ2) is 4.59. The zero-order chi connectivity index (χ0) is 9.84. The Morgan fingerprint density at radius 1 is 1.54 bits per heavy atom. The van der Waals surface area contributed by atoms with E-state index in [0.717, 1.165) is 17.7 Å². The third kappa shape index (κ3) is 2.20. The van der Waals surface area contributed by atoms with Gasteiger partial charge in [-0.3, -0.25) is 4.79 Å². The van der Waals surface area contributed by atoms with Gasteiger partial charge in [0.05, 0.1) is 0 Å². The molecule has 0 aromatic heterocycles. The van der Waals surface area contributed by atoms with Crippen LogP contribution in [0.4, 0.5) is 4.79 Å². The lowest BCUT2D eigenvalue weighted by Gasteiger charge is -2.07. The van der Waals surface area contributed by atoms with Crippen LogP contribution in [0.2, 0.25) is 0 Å². The molecule has 0 N–H and O–H groups in total. The van der Waals surface area contributed by atoms with Crippen LogP contribution in [-0.2, 0) is 9.53 Å². The van der Waals surface area contributed by atoms with Crippen molar-refractivity contribution in [2.45, 2.75) is 19.8 Å². The van der Waals surface area contributed by atoms with Crippen LogP contribution in [-0.4, -0.2) is 23.4 Å². The molecule has 4 nitrogen and oxygen atoms in total. The lowest BCUT2D eigenvalue weighted by Crippen LogP contribution is -2.29. The first-order chi connectivity index (χ1) is 6.20. The van der Waals surface area contributed by atoms with Crippen LogP contribution in [0.3, 0.4) is 0 Å². The molecular weight excluding hydrogens is 285 g/mol. The minimum Gasteiger partial charge on any atom is -0.403 e. The highest BCUT2D eigenvalue weighted by Gasteiger charge is 2.35. The highest BCUT2D eigenvalue weighted by molar-refractivity contribution is 14.1. The number of imide groups is 1. The van der Waals surface area contributed by atoms with E-state index < -0.39 is 6.09 Å². The van der Waals surface area contributed by atoms with Crippen molar-refractivity contribution in [2.24, 2.45) is 0 Å². The topological polar surface area (TPSA) is 46.6 Å². The molecule has 0 bridgehead atoms. The number of rotatable bonds is 3. The van der Waals surface area contributed by atoms with E-state index in [4.69, 9.17) is 4.74 Å². The van der Waals surface area contributed by atoms with E-state index in [0.29, 0.717) is 6.54 Å². The molecule has 5 heteroatoms. The molecule has 1 rings (SSSR count). The molecule has 0 spiro atoms. The number of carbonyl (C=O) groups excluding carboxylic acids is 2. The number of carbonyl (C=O) groups is 2. The van der Waals surface area contributed by atoms with Crippen LogP contribution >= 0.6 is 22.6 Å². The SMILES string of the molecule is CCCCN1C(=O)OC(=CI)C1=O. The Morgan fingerprint density at radius 3 is 2.69 bits per heavy atom. The minimum atomic E-state index is -0.554. The largest absolute Gasteiger partial charge is 0.422 e. The molecule has 0 saturated carbocycles. The van der Waals surface area contributed by atoms with E-state index >= 15 is 0 Å². The summed E-state index contributed by atoms with van der Waals surface area (Å²) in [5.74, 6) is -0.199. The molecule has 0 atom stereocenters. The molecule has 72 valence electrons. The number of halogens is 1. The molecule has 0 radical (unpaired) electrons. The summed E-state index contributed by atoms with van der Waals surface area (Å²) < 4.78 is 6.20. The smallest absolute Gasteiger partial charge is 0.403 e. The molecule has 0 aliphatic carbocycles. The average molecular weight is 295 g/mol. The molecular formula is C8H10INO3. The maximum Gasteiger partial charge on any atom is 0.422 e. The van der Waals surface area contributed by atoms with Gasteiger partial charge >= 0.3 is 6.09 Å². The van der Waals surface area contributed by atoms with Crippen LogP contribution in [0.1, 0.15) is 19.8 Å². The van der Waals surface area contributed by atoms with Gasteiger partial charge in [0.1, 0.15) is 0 Å². The molecule has 2 amide bonds. The van der Waals surface area contributed by atoms with Gasteiger partial charge in [0.15, 0.2) is 0 Å². The molecule has 0 aromatic carbocycles. The van der Waals surface area contributed by atoms with E-state index in [1.807, 2.05) is 29.5 Å². The molecule has 1 saturated heterocycles. The van der Waals surface area contributed by atoms with E-state index in [1.165, 1.54) is 4.08 Å². The van der Waals surface area contributed by atoms with Gasteiger partial charge in [-0.1, -0.05) is 13.3 Å². The zero-order valence-corrected chi connectivity index (χ0v) is 9.41. The number of unbranched alkanes of at least 4 members (excludes halogenated alkanes) is 1. The van der Waals surface area contributed by atoms with Crippen molar-refractivity contribution in [2.75, 3.05) is 6.54 Å². The fraction of sp³-hybridized carbons (Fsp3) is 0.500. The fourth-order valence-corrected chi connectivity index (χ4v) is 1.38. The van der Waals surface area contributed by atoms with Crippen molar-refractivity contribution in [3.05, 3.63) is 9.84 Å². The second-order valence-corrected chi connectivity index (χ2v) is 3.27. The van der Waals surface area contributed by atoms with Crippen molar-refractivity contribution < 1.29 is 14.3 Å². The summed E-state index contributed by atoms with van der Waals surface area (Å²) in [7, 11) is 0. The summed E-state index contributed by atoms with van der Waals surface area (Å²) in [4.78, 5) is 23.6. The van der Waals surface area contributed by atoms with Crippen molar-refractivity contribution in [1.82, 2.24) is 4.90 Å². The normalized spacial score (nSPS) is 19.8. The molecule has 1 heterocycles. The Morgan fingerprint density at radius 2 is 2.23 bits per heavy atom. The molecule has 1 fully saturated rings. The summed E-state index contributed by atoms with van der Waals surface area (Å²) in [6.45, 7) is 2.45. The van der Waals surface area contributed by atoms with E-state index in [-0.39, 0.29) is 11.7 Å². The molecule has 1 aliphatic rings. The van der Waals surface area contributed by atoms with Gasteiger partial charge in [0.2, 0.25) is 5.76 Å². The zero-order valence-electron chi connectivity index (χ0n) is 7.25. The van der Waals surface area contributed by atoms with Gasteiger partial charge in [0, 0.05) is 10.6 Å². The Bertz CT molecular complexity index is 262. The molecule has 1 aliphatic heterocycles. The van der Waals surface area contributed by atoms with Crippen molar-refractivity contribution in [1.29, 1.82) is 0 Å². The third-order valence-corrected chi connectivity index (χ3v) is 2.27. The lowest BCUT2D eigenvalue weighted by molar-refractivity contribution is -0.123. The maximum atomic E-state index is 11.4. The van der Waals surface area contributed by atoms with Gasteiger partial charge < -0.3 is 4.74 Å². The molecule has 0 aromatic rings. The van der Waals surface area contributed by atoms with Crippen molar-refractivity contribution in [3.8, 4) is 0 Å². The Labute approximate surface area is 90.1 Å². The molecule has 0 unspecified atom stereocenters. The van der Waals surface area contributed by atoms with E-state index in [1.54, 1.807) is 0 Å². The summed E-state index contributed by atoms with van der Waals surface area (Å²) in [6, 6.07) is 0. The van der Waals surface area contributed by atoms with Crippen molar-refractivity contribution in [3.63, 3.8) is 0 Å². The first-order valence-corrected chi connectivity index (χ1v) is 5.29. The number of hydrogen-bond acceptors (Lipinski definition) is 3. The Hall–Kier alpha value is -0.590. The number of hydrogen-bond donors (Lipinski definition) is 0. The number of ether oxygens (including phenoxy) is 1. The van der Waals surface area contributed by atoms with Gasteiger partial charge in [-0.2, -0.15) is 0 Å². The maximum absolute atomic E-state index is 11.4. The summed E-state index contributed by atoms with van der Waals surface area (Å²) in [5, 5.41) is 0. The van der Waals surface area contributed by atoms with Gasteiger partial charge in [-0.05, 0) is 29.0 Å². The van der Waals surface area contributed by atoms with E-state index in [2.05, 4.69) is 0 Å². The highest BCUT2D eigenvalue weighted by Crippen LogP contribution is 2.18. The summed E-state index contributed by atoms with van der Waals surface area (Å²) >= 11 is 1.88. The average Bonchev–Trinajstić information content (AvgIpc) is 2.39. The standard InChI is InChI=1S/C8H10INO3/c1-2-3-4-10-7(11)6(5-9)13-8(10)12/h5H,2-4H2,1H3. The van der Waals surface area contributed by atoms with Gasteiger partial charge in [-0.15, -0.1) is 0 Å². The minimum absolute atomic E-state index is 0.127. The second-order valence-electron chi connectivity index (χ2n) is 2.65. The van der Waals surface area contributed by atoms with Crippen LogP contribution in [0.5, 0.6) is 0 Å². The summed E-state index contributed by atoms with van der Waals surface area (Å²) in [5.41, 5.74) is 0. The quantitative estimate of drug-likeness (QED) is 0.591. The van der Waals surface area contributed by atoms with Gasteiger partial charge in [0.25, 0.3) is 5.91 Å². The third-order valence-electron chi connectivity index (χ3n) is 1.71. The lowest BCUT2D eigenvalue weighted by atomic mass is 10.3. The van der Waals surface area contributed by atoms with Crippen LogP contribution in [0.25, 0.3) is 0 Å². The number of cyclic esters (lactones) is 1. The summed E-state index contributed by atoms with van der Waals surface area (Å²) in [6.07, 6.45) is 1.21. The van der Waals surface area contributed by atoms with Crippen LogP contribution in [0.15, 0.2) is 9.84 Å². The van der Waals surface area contributed by atoms with Crippen molar-refractivity contribution >= 4 is 34.6 Å². The van der Waals surface area contributed by atoms with Gasteiger partial charge in [-0.25, -0.2) is 9.69 Å². The Balaban J connectivity index is 2.65. The molecule has 13 heavy (non-hydrogen) atoms. The first-order valence-electron chi connectivity index (χ1n) is 4.04. The van der Waals surface area contributed by atoms with Crippen LogP contribution in [0, 0.1) is 0 Å². The fourth-order valence-electron chi connectivity index (χ4n) is 0.987. The predicted molar refractivity (Wildman–Crippen MR) is 55.2 cm³/mol. The Kier molecular flexibility index (Phi) is 3.71. The van der Waals surface area contributed by atoms with Crippen LogP contribution < -0.4 is 0 Å². The monoisotopic (exact) mass is 295 g/mol. The first kappa shape index (κ1) is 10.5. The number of amides is 2. The number of nitrogens with zero attached hydrogens (tertiary/aromatic N) is 1. The highest BCUT2D eigenvalue weighted by atomic mass is 127. The van der Waals surface area contributed by atoms with E-state index in [9.17, 15) is 9.59 Å².